The molecule has 1 heterocycles. The number of halogens is 2. The van der Waals surface area contributed by atoms with E-state index >= 15 is 0 Å². The minimum Gasteiger partial charge on any atom is -0.330 e. The van der Waals surface area contributed by atoms with Crippen LogP contribution in [-0.4, -0.2) is 16.3 Å². The molecule has 0 fully saturated rings. The van der Waals surface area contributed by atoms with Crippen LogP contribution in [0.2, 0.25) is 0 Å². The van der Waals surface area contributed by atoms with Gasteiger partial charge in [-0.2, -0.15) is 9.49 Å². The van der Waals surface area contributed by atoms with E-state index < -0.39 is 0 Å². The van der Waals surface area contributed by atoms with Crippen LogP contribution < -0.4 is 5.73 Å². The van der Waals surface area contributed by atoms with E-state index in [1.54, 1.807) is 6.07 Å². The standard InChI is InChI=1S/C11H11BrFN3/c12-9-2-1-3-10(6-9)16-11(13)8(4-5-14)7-15-16/h1-3,6-7H,4-5,14H2. The van der Waals surface area contributed by atoms with E-state index in [0.717, 1.165) is 4.47 Å². The van der Waals surface area contributed by atoms with Crippen molar-refractivity contribution in [2.45, 2.75) is 6.42 Å². The lowest BCUT2D eigenvalue weighted by molar-refractivity contribution is 0.526. The highest BCUT2D eigenvalue weighted by atomic mass is 79.9. The van der Waals surface area contributed by atoms with Crippen LogP contribution in [0.1, 0.15) is 5.56 Å². The van der Waals surface area contributed by atoms with Gasteiger partial charge in [0.05, 0.1) is 11.9 Å². The van der Waals surface area contributed by atoms with Crippen LogP contribution in [0.4, 0.5) is 4.39 Å². The zero-order valence-electron chi connectivity index (χ0n) is 8.53. The third-order valence-electron chi connectivity index (χ3n) is 2.25. The molecule has 0 radical (unpaired) electrons. The van der Waals surface area contributed by atoms with Crippen molar-refractivity contribution < 1.29 is 4.39 Å². The summed E-state index contributed by atoms with van der Waals surface area (Å²) in [5.74, 6) is -0.344. The van der Waals surface area contributed by atoms with Gasteiger partial charge in [0.25, 0.3) is 0 Å². The fraction of sp³-hybridized carbons (Fsp3) is 0.182. The van der Waals surface area contributed by atoms with Gasteiger partial charge in [-0.1, -0.05) is 22.0 Å². The molecular formula is C11H11BrFN3. The number of hydrogen-bond acceptors (Lipinski definition) is 2. The SMILES string of the molecule is NCCc1cnn(-c2cccc(Br)c2)c1F. The van der Waals surface area contributed by atoms with Crippen LogP contribution in [0.15, 0.2) is 34.9 Å². The van der Waals surface area contributed by atoms with Crippen molar-refractivity contribution in [3.05, 3.63) is 46.4 Å². The van der Waals surface area contributed by atoms with Crippen molar-refractivity contribution >= 4 is 15.9 Å². The first-order valence-electron chi connectivity index (χ1n) is 4.91. The van der Waals surface area contributed by atoms with Gasteiger partial charge in [-0.25, -0.2) is 4.68 Å². The van der Waals surface area contributed by atoms with Crippen LogP contribution in [0.3, 0.4) is 0 Å². The van der Waals surface area contributed by atoms with Crippen molar-refractivity contribution in [1.29, 1.82) is 0 Å². The number of aromatic nitrogens is 2. The molecule has 5 heteroatoms. The molecule has 3 nitrogen and oxygen atoms in total. The van der Waals surface area contributed by atoms with Gasteiger partial charge in [0.15, 0.2) is 0 Å². The molecule has 0 bridgehead atoms. The molecule has 0 amide bonds. The van der Waals surface area contributed by atoms with E-state index in [0.29, 0.717) is 24.2 Å². The molecule has 0 saturated carbocycles. The van der Waals surface area contributed by atoms with E-state index in [4.69, 9.17) is 5.73 Å². The van der Waals surface area contributed by atoms with Gasteiger partial charge in [0, 0.05) is 10.0 Å². The van der Waals surface area contributed by atoms with E-state index in [1.807, 2.05) is 18.2 Å². The maximum Gasteiger partial charge on any atom is 0.219 e. The van der Waals surface area contributed by atoms with Gasteiger partial charge in [-0.15, -0.1) is 0 Å². The normalized spacial score (nSPS) is 10.7. The molecule has 0 aliphatic heterocycles. The van der Waals surface area contributed by atoms with Crippen LogP contribution in [-0.2, 0) is 6.42 Å². The summed E-state index contributed by atoms with van der Waals surface area (Å²) in [6, 6.07) is 7.32. The monoisotopic (exact) mass is 283 g/mol. The van der Waals surface area contributed by atoms with Crippen LogP contribution in [0.25, 0.3) is 5.69 Å². The van der Waals surface area contributed by atoms with E-state index in [9.17, 15) is 4.39 Å². The molecule has 0 aliphatic rings. The van der Waals surface area contributed by atoms with Gasteiger partial charge < -0.3 is 5.73 Å². The molecular weight excluding hydrogens is 273 g/mol. The largest absolute Gasteiger partial charge is 0.330 e. The third kappa shape index (κ3) is 2.15. The summed E-state index contributed by atoms with van der Waals surface area (Å²) in [6.07, 6.45) is 2.02. The van der Waals surface area contributed by atoms with E-state index in [1.165, 1.54) is 10.9 Å². The summed E-state index contributed by atoms with van der Waals surface area (Å²) in [6.45, 7) is 0.418. The lowest BCUT2D eigenvalue weighted by Gasteiger charge is -2.02. The highest BCUT2D eigenvalue weighted by molar-refractivity contribution is 9.10. The fourth-order valence-electron chi connectivity index (χ4n) is 1.48. The van der Waals surface area contributed by atoms with E-state index in [2.05, 4.69) is 21.0 Å². The summed E-state index contributed by atoms with van der Waals surface area (Å²) in [7, 11) is 0. The predicted octanol–water partition coefficient (Wildman–Crippen LogP) is 2.28. The highest BCUT2D eigenvalue weighted by Crippen LogP contribution is 2.17. The third-order valence-corrected chi connectivity index (χ3v) is 2.74. The molecule has 0 spiro atoms. The van der Waals surface area contributed by atoms with Gasteiger partial charge >= 0.3 is 0 Å². The van der Waals surface area contributed by atoms with Crippen LogP contribution >= 0.6 is 15.9 Å². The maximum atomic E-state index is 13.9. The highest BCUT2D eigenvalue weighted by Gasteiger charge is 2.10. The van der Waals surface area contributed by atoms with Crippen molar-refractivity contribution in [2.24, 2.45) is 5.73 Å². The van der Waals surface area contributed by atoms with Crippen molar-refractivity contribution in [3.8, 4) is 5.69 Å². The first-order chi connectivity index (χ1) is 7.72. The molecule has 1 aromatic heterocycles. The molecule has 0 unspecified atom stereocenters. The second-order valence-electron chi connectivity index (χ2n) is 3.39. The number of benzene rings is 1. The molecule has 2 rings (SSSR count). The minimum atomic E-state index is -0.344. The summed E-state index contributed by atoms with van der Waals surface area (Å²) < 4.78 is 16.0. The summed E-state index contributed by atoms with van der Waals surface area (Å²) >= 11 is 3.34. The van der Waals surface area contributed by atoms with Crippen molar-refractivity contribution in [1.82, 2.24) is 9.78 Å². The molecule has 16 heavy (non-hydrogen) atoms. The lowest BCUT2D eigenvalue weighted by atomic mass is 10.2. The Bertz CT molecular complexity index is 496. The number of nitrogens with two attached hydrogens (primary N) is 1. The molecule has 2 N–H and O–H groups in total. The molecule has 0 atom stereocenters. The zero-order valence-corrected chi connectivity index (χ0v) is 10.1. The molecule has 84 valence electrons. The number of nitrogens with zero attached hydrogens (tertiary/aromatic N) is 2. The Morgan fingerprint density at radius 3 is 2.94 bits per heavy atom. The van der Waals surface area contributed by atoms with Crippen molar-refractivity contribution in [3.63, 3.8) is 0 Å². The summed E-state index contributed by atoms with van der Waals surface area (Å²) in [4.78, 5) is 0. The first kappa shape index (κ1) is 11.3. The lowest BCUT2D eigenvalue weighted by Crippen LogP contribution is -2.05. The summed E-state index contributed by atoms with van der Waals surface area (Å²) in [5, 5.41) is 4.01. The number of hydrogen-bond donors (Lipinski definition) is 1. The molecule has 0 aliphatic carbocycles. The minimum absolute atomic E-state index is 0.344. The Kier molecular flexibility index (Phi) is 3.36. The Morgan fingerprint density at radius 2 is 2.25 bits per heavy atom. The summed E-state index contributed by atoms with van der Waals surface area (Å²) in [5.41, 5.74) is 6.62. The quantitative estimate of drug-likeness (QED) is 0.939. The number of rotatable bonds is 3. The fourth-order valence-corrected chi connectivity index (χ4v) is 1.87. The van der Waals surface area contributed by atoms with Gasteiger partial charge in [-0.3, -0.25) is 0 Å². The van der Waals surface area contributed by atoms with Gasteiger partial charge in [0.1, 0.15) is 0 Å². The van der Waals surface area contributed by atoms with Gasteiger partial charge in [-0.05, 0) is 31.2 Å². The topological polar surface area (TPSA) is 43.8 Å². The predicted molar refractivity (Wildman–Crippen MR) is 64.0 cm³/mol. The van der Waals surface area contributed by atoms with Crippen molar-refractivity contribution in [2.75, 3.05) is 6.54 Å². The molecule has 1 aromatic carbocycles. The first-order valence-corrected chi connectivity index (χ1v) is 5.70. The average molecular weight is 284 g/mol. The Hall–Kier alpha value is -1.20. The van der Waals surface area contributed by atoms with Gasteiger partial charge in [0.2, 0.25) is 5.95 Å². The van der Waals surface area contributed by atoms with Crippen LogP contribution in [0, 0.1) is 5.95 Å². The second kappa shape index (κ2) is 4.76. The maximum absolute atomic E-state index is 13.9. The smallest absolute Gasteiger partial charge is 0.219 e. The van der Waals surface area contributed by atoms with Crippen LogP contribution in [0.5, 0.6) is 0 Å². The molecule has 0 saturated heterocycles. The Balaban J connectivity index is 2.41. The Morgan fingerprint density at radius 1 is 1.44 bits per heavy atom. The van der Waals surface area contributed by atoms with E-state index in [-0.39, 0.29) is 5.95 Å². The average Bonchev–Trinajstić information content (AvgIpc) is 2.61. The second-order valence-corrected chi connectivity index (χ2v) is 4.31. The molecule has 2 aromatic rings. The zero-order chi connectivity index (χ0) is 11.5. The Labute approximate surface area is 101 Å².